The molecule has 94 valence electrons. The van der Waals surface area contributed by atoms with Crippen LogP contribution in [0.25, 0.3) is 0 Å². The van der Waals surface area contributed by atoms with Gasteiger partial charge in [0.1, 0.15) is 5.78 Å². The van der Waals surface area contributed by atoms with E-state index in [0.717, 1.165) is 6.42 Å². The van der Waals surface area contributed by atoms with Crippen molar-refractivity contribution >= 4 is 5.78 Å². The second-order valence-electron chi connectivity index (χ2n) is 6.83. The Morgan fingerprint density at radius 3 is 3.06 bits per heavy atom. The normalized spacial score (nSPS) is 45.9. The highest BCUT2D eigenvalue weighted by Gasteiger charge is 2.50. The van der Waals surface area contributed by atoms with Crippen LogP contribution in [0.2, 0.25) is 0 Å². The Hall–Kier alpha value is -0.590. The van der Waals surface area contributed by atoms with Crippen molar-refractivity contribution in [3.63, 3.8) is 0 Å². The smallest absolute Gasteiger partial charge is 0.137 e. The molecule has 1 nitrogen and oxygen atoms in total. The average Bonchev–Trinajstić information content (AvgIpc) is 2.26. The lowest BCUT2D eigenvalue weighted by atomic mass is 9.52. The fourth-order valence-electron chi connectivity index (χ4n) is 4.85. The molecule has 0 heterocycles. The first-order valence-electron chi connectivity index (χ1n) is 7.33. The molecule has 0 aromatic heterocycles. The maximum atomic E-state index is 12.5. The number of hydrogen-bond acceptors (Lipinski definition) is 1. The molecular weight excluding hydrogens is 208 g/mol. The van der Waals surface area contributed by atoms with E-state index in [4.69, 9.17) is 0 Å². The first-order valence-corrected chi connectivity index (χ1v) is 7.33. The van der Waals surface area contributed by atoms with Crippen LogP contribution in [0.4, 0.5) is 0 Å². The van der Waals surface area contributed by atoms with E-state index in [0.29, 0.717) is 23.5 Å². The van der Waals surface area contributed by atoms with Crippen LogP contribution >= 0.6 is 0 Å². The highest BCUT2D eigenvalue weighted by molar-refractivity contribution is 5.84. The molecule has 3 rings (SSSR count). The van der Waals surface area contributed by atoms with Gasteiger partial charge in [-0.3, -0.25) is 4.79 Å². The van der Waals surface area contributed by atoms with Gasteiger partial charge in [-0.15, -0.1) is 0 Å². The van der Waals surface area contributed by atoms with E-state index in [2.05, 4.69) is 19.9 Å². The number of rotatable bonds is 0. The molecule has 0 N–H and O–H groups in total. The van der Waals surface area contributed by atoms with Crippen LogP contribution < -0.4 is 0 Å². The lowest BCUT2D eigenvalue weighted by Crippen LogP contribution is -2.47. The number of fused-ring (bicyclic) bond motifs is 3. The summed E-state index contributed by atoms with van der Waals surface area (Å²) in [6.07, 6.45) is 10.9. The fraction of sp³-hybridized carbons (Fsp3) is 0.812. The molecule has 0 amide bonds. The zero-order chi connectivity index (χ0) is 12.0. The van der Waals surface area contributed by atoms with Gasteiger partial charge in [0.2, 0.25) is 0 Å². The number of hydrogen-bond donors (Lipinski definition) is 0. The number of ketones is 1. The Kier molecular flexibility index (Phi) is 2.68. The molecular formula is C16H24O. The molecule has 4 unspecified atom stereocenters. The predicted molar refractivity (Wildman–Crippen MR) is 69.7 cm³/mol. The van der Waals surface area contributed by atoms with Crippen molar-refractivity contribution in [1.82, 2.24) is 0 Å². The van der Waals surface area contributed by atoms with Gasteiger partial charge in [-0.25, -0.2) is 0 Å². The Morgan fingerprint density at radius 2 is 2.24 bits per heavy atom. The van der Waals surface area contributed by atoms with Crippen LogP contribution in [0, 0.1) is 23.2 Å². The molecule has 0 bridgehead atoms. The van der Waals surface area contributed by atoms with E-state index >= 15 is 0 Å². The molecule has 3 aliphatic carbocycles. The van der Waals surface area contributed by atoms with Crippen molar-refractivity contribution in [3.05, 3.63) is 11.6 Å². The Labute approximate surface area is 105 Å². The average molecular weight is 232 g/mol. The molecule has 0 aromatic carbocycles. The minimum Gasteiger partial charge on any atom is -0.299 e. The topological polar surface area (TPSA) is 17.1 Å². The molecule has 17 heavy (non-hydrogen) atoms. The Morgan fingerprint density at radius 1 is 1.41 bits per heavy atom. The van der Waals surface area contributed by atoms with Crippen LogP contribution in [-0.4, -0.2) is 5.78 Å². The summed E-state index contributed by atoms with van der Waals surface area (Å²) in [5, 5.41) is 0. The molecule has 0 radical (unpaired) electrons. The molecule has 2 fully saturated rings. The number of Topliss-reactive ketones (excluding diaryl/α,β-unsaturated/α-hetero) is 1. The Bertz CT molecular complexity index is 368. The quantitative estimate of drug-likeness (QED) is 0.574. The van der Waals surface area contributed by atoms with Crippen LogP contribution in [0.3, 0.4) is 0 Å². The third-order valence-corrected chi connectivity index (χ3v) is 5.57. The summed E-state index contributed by atoms with van der Waals surface area (Å²) >= 11 is 0. The summed E-state index contributed by atoms with van der Waals surface area (Å²) in [4.78, 5) is 12.5. The minimum absolute atomic E-state index is 0.235. The number of allylic oxidation sites excluding steroid dienone is 2. The van der Waals surface area contributed by atoms with Crippen LogP contribution in [-0.2, 0) is 4.79 Å². The van der Waals surface area contributed by atoms with Crippen molar-refractivity contribution in [2.45, 2.75) is 58.8 Å². The molecule has 0 aliphatic heterocycles. The first-order chi connectivity index (χ1) is 8.11. The highest BCUT2D eigenvalue weighted by atomic mass is 16.1. The monoisotopic (exact) mass is 232 g/mol. The summed E-state index contributed by atoms with van der Waals surface area (Å²) in [7, 11) is 0. The zero-order valence-corrected chi connectivity index (χ0v) is 11.2. The number of carbonyl (C=O) groups is 1. The van der Waals surface area contributed by atoms with E-state index < -0.39 is 0 Å². The second kappa shape index (κ2) is 3.96. The van der Waals surface area contributed by atoms with Crippen LogP contribution in [0.5, 0.6) is 0 Å². The maximum absolute atomic E-state index is 12.5. The molecule has 1 heteroatoms. The van der Waals surface area contributed by atoms with Gasteiger partial charge in [-0.05, 0) is 55.8 Å². The summed E-state index contributed by atoms with van der Waals surface area (Å²) in [6, 6.07) is 0. The van der Waals surface area contributed by atoms with Crippen molar-refractivity contribution < 1.29 is 4.79 Å². The van der Waals surface area contributed by atoms with Gasteiger partial charge in [0.15, 0.2) is 0 Å². The van der Waals surface area contributed by atoms with Gasteiger partial charge in [0.25, 0.3) is 0 Å². The highest BCUT2D eigenvalue weighted by Crippen LogP contribution is 2.56. The summed E-state index contributed by atoms with van der Waals surface area (Å²) in [5.74, 6) is 2.25. The molecule has 0 aromatic rings. The standard InChI is InChI=1S/C16H24O/c1-11-9-12-6-7-13-5-3-4-8-16(13,2)15(12)14(17)10-11/h5,11-12,15H,3-4,6-10H2,1-2H3. The molecule has 0 spiro atoms. The lowest BCUT2D eigenvalue weighted by Gasteiger charge is -2.51. The maximum Gasteiger partial charge on any atom is 0.137 e. The lowest BCUT2D eigenvalue weighted by molar-refractivity contribution is -0.135. The van der Waals surface area contributed by atoms with Crippen molar-refractivity contribution in [2.75, 3.05) is 0 Å². The van der Waals surface area contributed by atoms with Gasteiger partial charge < -0.3 is 0 Å². The fourth-order valence-corrected chi connectivity index (χ4v) is 4.85. The van der Waals surface area contributed by atoms with Gasteiger partial charge >= 0.3 is 0 Å². The van der Waals surface area contributed by atoms with Gasteiger partial charge in [0, 0.05) is 12.3 Å². The van der Waals surface area contributed by atoms with Crippen molar-refractivity contribution in [3.8, 4) is 0 Å². The number of carbonyl (C=O) groups excluding carboxylic acids is 1. The van der Waals surface area contributed by atoms with E-state index in [1.54, 1.807) is 5.57 Å². The van der Waals surface area contributed by atoms with Gasteiger partial charge in [0.05, 0.1) is 0 Å². The predicted octanol–water partition coefficient (Wildman–Crippen LogP) is 4.13. The largest absolute Gasteiger partial charge is 0.299 e. The van der Waals surface area contributed by atoms with Crippen LogP contribution in [0.1, 0.15) is 58.8 Å². The minimum atomic E-state index is 0.235. The summed E-state index contributed by atoms with van der Waals surface area (Å²) < 4.78 is 0. The van der Waals surface area contributed by atoms with E-state index in [-0.39, 0.29) is 5.41 Å². The van der Waals surface area contributed by atoms with Crippen molar-refractivity contribution in [2.24, 2.45) is 23.2 Å². The Balaban J connectivity index is 1.96. The van der Waals surface area contributed by atoms with E-state index in [9.17, 15) is 4.79 Å². The third-order valence-electron chi connectivity index (χ3n) is 5.57. The summed E-state index contributed by atoms with van der Waals surface area (Å²) in [5.41, 5.74) is 1.85. The van der Waals surface area contributed by atoms with E-state index in [1.165, 1.54) is 38.5 Å². The summed E-state index contributed by atoms with van der Waals surface area (Å²) in [6.45, 7) is 4.63. The van der Waals surface area contributed by atoms with Gasteiger partial charge in [-0.1, -0.05) is 25.5 Å². The molecule has 2 saturated carbocycles. The molecule has 3 aliphatic rings. The third kappa shape index (κ3) is 1.70. The van der Waals surface area contributed by atoms with Gasteiger partial charge in [-0.2, -0.15) is 0 Å². The first kappa shape index (κ1) is 11.5. The molecule has 0 saturated heterocycles. The zero-order valence-electron chi connectivity index (χ0n) is 11.2. The molecule has 4 atom stereocenters. The van der Waals surface area contributed by atoms with Crippen LogP contribution in [0.15, 0.2) is 11.6 Å². The second-order valence-corrected chi connectivity index (χ2v) is 6.83. The van der Waals surface area contributed by atoms with E-state index in [1.807, 2.05) is 0 Å². The van der Waals surface area contributed by atoms with Crippen molar-refractivity contribution in [1.29, 1.82) is 0 Å². The SMILES string of the molecule is CC1CC(=O)C2C(CCC3=CCCCC32C)C1.